The average molecular weight is 353 g/mol. The van der Waals surface area contributed by atoms with Gasteiger partial charge in [-0.3, -0.25) is 9.59 Å². The zero-order valence-corrected chi connectivity index (χ0v) is 16.1. The normalized spacial score (nSPS) is 10.7. The van der Waals surface area contributed by atoms with E-state index in [0.717, 1.165) is 39.0 Å². The third kappa shape index (κ3) is 15.6. The Kier molecular flexibility index (Phi) is 14.8. The Morgan fingerprint density at radius 2 is 1.08 bits per heavy atom. The van der Waals surface area contributed by atoms with Crippen molar-refractivity contribution in [3.63, 3.8) is 0 Å². The molecule has 0 aliphatic heterocycles. The van der Waals surface area contributed by atoms with Crippen LogP contribution >= 0.6 is 0 Å². The van der Waals surface area contributed by atoms with E-state index in [2.05, 4.69) is 47.7 Å². The molecule has 0 fully saturated rings. The molecule has 25 heavy (non-hydrogen) atoms. The second-order valence-corrected chi connectivity index (χ2v) is 6.36. The van der Waals surface area contributed by atoms with E-state index >= 15 is 0 Å². The van der Waals surface area contributed by atoms with Gasteiger partial charge in [0.05, 0.1) is 0 Å². The Bertz CT molecular complexity index is 363. The summed E-state index contributed by atoms with van der Waals surface area (Å²) in [6.07, 6.45) is 8.13. The molecule has 0 atom stereocenters. The molecule has 2 amide bonds. The quantitative estimate of drug-likeness (QED) is 0.326. The number of amides is 2. The average Bonchev–Trinajstić information content (AvgIpc) is 2.61. The van der Waals surface area contributed by atoms with E-state index in [4.69, 9.17) is 0 Å². The lowest BCUT2D eigenvalue weighted by atomic mass is 10.2. The van der Waals surface area contributed by atoms with Gasteiger partial charge in [0, 0.05) is 13.1 Å². The lowest BCUT2D eigenvalue weighted by molar-refractivity contribution is -0.117. The highest BCUT2D eigenvalue weighted by atomic mass is 16.2. The van der Waals surface area contributed by atoms with Gasteiger partial charge in [-0.1, -0.05) is 19.6 Å². The van der Waals surface area contributed by atoms with E-state index in [9.17, 15) is 9.59 Å². The first-order valence-corrected chi connectivity index (χ1v) is 9.17. The van der Waals surface area contributed by atoms with Crippen LogP contribution in [0.3, 0.4) is 0 Å². The summed E-state index contributed by atoms with van der Waals surface area (Å²) < 4.78 is 0. The Morgan fingerprint density at radius 1 is 0.720 bits per heavy atom. The molecule has 0 bridgehead atoms. The number of unbranched alkanes of at least 4 members (excludes halogenated alkanes) is 2. The topological polar surface area (TPSA) is 64.7 Å². The second-order valence-electron chi connectivity index (χ2n) is 6.36. The summed E-state index contributed by atoms with van der Waals surface area (Å²) in [5, 5.41) is 5.58. The molecule has 144 valence electrons. The summed E-state index contributed by atoms with van der Waals surface area (Å²) >= 11 is 0. The number of nitrogens with zero attached hydrogens (tertiary/aromatic N) is 2. The Hall–Kier alpha value is -1.66. The molecule has 0 aliphatic rings. The number of carbonyl (C=O) groups excluding carboxylic acids is 2. The zero-order chi connectivity index (χ0) is 18.9. The van der Waals surface area contributed by atoms with Crippen molar-refractivity contribution in [3.05, 3.63) is 25.3 Å². The van der Waals surface area contributed by atoms with Gasteiger partial charge in [-0.15, -0.1) is 0 Å². The molecule has 0 rings (SSSR count). The van der Waals surface area contributed by atoms with Crippen molar-refractivity contribution in [1.29, 1.82) is 0 Å². The molecule has 2 N–H and O–H groups in total. The number of hydrogen-bond acceptors (Lipinski definition) is 4. The Labute approximate surface area is 153 Å². The molecule has 0 radical (unpaired) electrons. The SMILES string of the molecule is C=CC(=O)NCCCN(C)CCCCCN(C)CCCNC(=O)C=C. The lowest BCUT2D eigenvalue weighted by Crippen LogP contribution is -2.28. The van der Waals surface area contributed by atoms with Crippen molar-refractivity contribution < 1.29 is 9.59 Å². The third-order valence-corrected chi connectivity index (χ3v) is 3.98. The van der Waals surface area contributed by atoms with E-state index < -0.39 is 0 Å². The highest BCUT2D eigenvalue weighted by molar-refractivity contribution is 5.87. The van der Waals surface area contributed by atoms with Gasteiger partial charge in [0.2, 0.25) is 11.8 Å². The van der Waals surface area contributed by atoms with Crippen LogP contribution in [0.5, 0.6) is 0 Å². The number of carbonyl (C=O) groups is 2. The van der Waals surface area contributed by atoms with Crippen LogP contribution in [-0.2, 0) is 9.59 Å². The summed E-state index contributed by atoms with van der Waals surface area (Å²) in [5.41, 5.74) is 0. The van der Waals surface area contributed by atoms with Crippen LogP contribution in [0.15, 0.2) is 25.3 Å². The highest BCUT2D eigenvalue weighted by Gasteiger charge is 2.01. The lowest BCUT2D eigenvalue weighted by Gasteiger charge is -2.18. The maximum Gasteiger partial charge on any atom is 0.243 e. The summed E-state index contributed by atoms with van der Waals surface area (Å²) in [6.45, 7) is 12.4. The molecule has 6 heteroatoms. The molecule has 0 heterocycles. The smallest absolute Gasteiger partial charge is 0.243 e. The molecule has 0 aliphatic carbocycles. The highest BCUT2D eigenvalue weighted by Crippen LogP contribution is 2.00. The number of nitrogens with one attached hydrogen (secondary N) is 2. The molecular formula is C19H36N4O2. The summed E-state index contributed by atoms with van der Waals surface area (Å²) in [5.74, 6) is -0.204. The molecule has 0 aromatic rings. The van der Waals surface area contributed by atoms with Crippen LogP contribution in [-0.4, -0.2) is 75.0 Å². The standard InChI is InChI=1S/C19H36N4O2/c1-5-18(24)20-12-10-16-22(3)14-8-7-9-15-23(4)17-11-13-21-19(25)6-2/h5-6H,1-2,7-17H2,3-4H3,(H,20,24)(H,21,25). The van der Waals surface area contributed by atoms with E-state index in [1.807, 2.05) is 0 Å². The van der Waals surface area contributed by atoms with Crippen molar-refractivity contribution in [2.24, 2.45) is 0 Å². The predicted octanol–water partition coefficient (Wildman–Crippen LogP) is 1.40. The van der Waals surface area contributed by atoms with Crippen molar-refractivity contribution in [1.82, 2.24) is 20.4 Å². The maximum absolute atomic E-state index is 11.0. The second kappa shape index (κ2) is 15.8. The fourth-order valence-electron chi connectivity index (χ4n) is 2.43. The monoisotopic (exact) mass is 352 g/mol. The largest absolute Gasteiger partial charge is 0.353 e. The first-order valence-electron chi connectivity index (χ1n) is 9.17. The summed E-state index contributed by atoms with van der Waals surface area (Å²) in [6, 6.07) is 0. The van der Waals surface area contributed by atoms with Crippen molar-refractivity contribution >= 4 is 11.8 Å². The van der Waals surface area contributed by atoms with Crippen LogP contribution in [0.25, 0.3) is 0 Å². The van der Waals surface area contributed by atoms with Crippen molar-refractivity contribution in [3.8, 4) is 0 Å². The number of rotatable bonds is 16. The molecule has 0 saturated carbocycles. The fraction of sp³-hybridized carbons (Fsp3) is 0.684. The van der Waals surface area contributed by atoms with Crippen LogP contribution in [0, 0.1) is 0 Å². The van der Waals surface area contributed by atoms with Gasteiger partial charge >= 0.3 is 0 Å². The van der Waals surface area contributed by atoms with Gasteiger partial charge in [0.25, 0.3) is 0 Å². The minimum Gasteiger partial charge on any atom is -0.353 e. The van der Waals surface area contributed by atoms with Crippen LogP contribution in [0.4, 0.5) is 0 Å². The van der Waals surface area contributed by atoms with Gasteiger partial charge in [0.1, 0.15) is 0 Å². The Morgan fingerprint density at radius 3 is 1.44 bits per heavy atom. The molecule has 6 nitrogen and oxygen atoms in total. The van der Waals surface area contributed by atoms with E-state index in [-0.39, 0.29) is 11.8 Å². The minimum absolute atomic E-state index is 0.102. The zero-order valence-electron chi connectivity index (χ0n) is 16.1. The maximum atomic E-state index is 11.0. The summed E-state index contributed by atoms with van der Waals surface area (Å²) in [4.78, 5) is 26.6. The number of hydrogen-bond donors (Lipinski definition) is 2. The first kappa shape index (κ1) is 23.3. The predicted molar refractivity (Wildman–Crippen MR) is 104 cm³/mol. The van der Waals surface area contributed by atoms with Gasteiger partial charge in [0.15, 0.2) is 0 Å². The molecule has 0 aromatic heterocycles. The molecule has 0 unspecified atom stereocenters. The summed E-state index contributed by atoms with van der Waals surface area (Å²) in [7, 11) is 4.25. The van der Waals surface area contributed by atoms with Gasteiger partial charge in [-0.25, -0.2) is 0 Å². The van der Waals surface area contributed by atoms with Crippen LogP contribution in [0.2, 0.25) is 0 Å². The van der Waals surface area contributed by atoms with Gasteiger partial charge in [-0.2, -0.15) is 0 Å². The van der Waals surface area contributed by atoms with Gasteiger partial charge in [-0.05, 0) is 78.1 Å². The van der Waals surface area contributed by atoms with Crippen molar-refractivity contribution in [2.45, 2.75) is 32.1 Å². The fourth-order valence-corrected chi connectivity index (χ4v) is 2.43. The van der Waals surface area contributed by atoms with Gasteiger partial charge < -0.3 is 20.4 Å². The van der Waals surface area contributed by atoms with E-state index in [0.29, 0.717) is 13.1 Å². The van der Waals surface area contributed by atoms with Crippen LogP contribution in [0.1, 0.15) is 32.1 Å². The van der Waals surface area contributed by atoms with E-state index in [1.165, 1.54) is 31.4 Å². The molecule has 0 saturated heterocycles. The molecule has 0 aromatic carbocycles. The third-order valence-electron chi connectivity index (χ3n) is 3.98. The first-order chi connectivity index (χ1) is 12.0. The Balaban J connectivity index is 3.43. The van der Waals surface area contributed by atoms with Crippen LogP contribution < -0.4 is 10.6 Å². The minimum atomic E-state index is -0.102. The van der Waals surface area contributed by atoms with Crippen molar-refractivity contribution in [2.75, 3.05) is 53.4 Å². The van der Waals surface area contributed by atoms with E-state index in [1.54, 1.807) is 0 Å². The molecular weight excluding hydrogens is 316 g/mol. The molecule has 0 spiro atoms.